The van der Waals surface area contributed by atoms with Gasteiger partial charge in [-0.25, -0.2) is 4.98 Å². The number of rotatable bonds is 7. The van der Waals surface area contributed by atoms with Crippen molar-refractivity contribution in [2.75, 3.05) is 26.4 Å². The number of hydrogen-bond donors (Lipinski definition) is 2. The van der Waals surface area contributed by atoms with Gasteiger partial charge in [-0.05, 0) is 32.1 Å². The van der Waals surface area contributed by atoms with Crippen molar-refractivity contribution in [1.82, 2.24) is 15.2 Å². The summed E-state index contributed by atoms with van der Waals surface area (Å²) in [6.45, 7) is 0.509. The van der Waals surface area contributed by atoms with Crippen LogP contribution in [0.4, 0.5) is 5.13 Å². The van der Waals surface area contributed by atoms with Gasteiger partial charge in [0.2, 0.25) is 5.91 Å². The van der Waals surface area contributed by atoms with Crippen LogP contribution in [0.1, 0.15) is 23.7 Å². The number of anilines is 1. The number of benzene rings is 1. The van der Waals surface area contributed by atoms with Crippen LogP contribution in [0.15, 0.2) is 29.6 Å². The number of likely N-dealkylation sites (N-methyl/N-ethyl adjacent to an activating group) is 1. The lowest BCUT2D eigenvalue weighted by atomic mass is 10.1. The summed E-state index contributed by atoms with van der Waals surface area (Å²) >= 11 is 7.65. The molecule has 0 aliphatic heterocycles. The van der Waals surface area contributed by atoms with E-state index in [1.54, 1.807) is 0 Å². The maximum Gasteiger partial charge on any atom is 0.220 e. The second-order valence-corrected chi connectivity index (χ2v) is 6.78. The van der Waals surface area contributed by atoms with Gasteiger partial charge in [-0.2, -0.15) is 0 Å². The molecule has 0 saturated carbocycles. The van der Waals surface area contributed by atoms with Crippen molar-refractivity contribution in [2.24, 2.45) is 0 Å². The van der Waals surface area contributed by atoms with Crippen molar-refractivity contribution in [3.8, 4) is 0 Å². The minimum Gasteiger partial charge on any atom is -0.375 e. The zero-order valence-corrected chi connectivity index (χ0v) is 14.8. The van der Waals surface area contributed by atoms with Gasteiger partial charge in [-0.15, -0.1) is 11.3 Å². The number of nitrogens with one attached hydrogen (secondary N) is 1. The van der Waals surface area contributed by atoms with E-state index in [2.05, 4.69) is 10.3 Å². The summed E-state index contributed by atoms with van der Waals surface area (Å²) in [6, 6.07) is 7.73. The van der Waals surface area contributed by atoms with E-state index in [-0.39, 0.29) is 11.9 Å². The number of carbonyl (C=O) groups excluding carboxylic acids is 1. The van der Waals surface area contributed by atoms with E-state index in [1.165, 1.54) is 11.3 Å². The molecule has 1 unspecified atom stereocenters. The smallest absolute Gasteiger partial charge is 0.220 e. The van der Waals surface area contributed by atoms with E-state index in [0.29, 0.717) is 29.5 Å². The molecule has 3 N–H and O–H groups in total. The molecule has 0 spiro atoms. The number of halogens is 1. The quantitative estimate of drug-likeness (QED) is 0.803. The van der Waals surface area contributed by atoms with Crippen LogP contribution in [-0.2, 0) is 11.2 Å². The molecule has 0 aliphatic carbocycles. The molecule has 23 heavy (non-hydrogen) atoms. The van der Waals surface area contributed by atoms with Crippen LogP contribution in [0.5, 0.6) is 0 Å². The van der Waals surface area contributed by atoms with Gasteiger partial charge in [0, 0.05) is 23.4 Å². The van der Waals surface area contributed by atoms with Crippen molar-refractivity contribution < 1.29 is 4.79 Å². The third-order valence-electron chi connectivity index (χ3n) is 3.56. The molecular weight excluding hydrogens is 332 g/mol. The highest BCUT2D eigenvalue weighted by molar-refractivity contribution is 7.13. The Balaban J connectivity index is 1.89. The van der Waals surface area contributed by atoms with Crippen LogP contribution in [0.2, 0.25) is 5.02 Å². The summed E-state index contributed by atoms with van der Waals surface area (Å²) in [5, 5.41) is 6.10. The molecule has 0 bridgehead atoms. The Morgan fingerprint density at radius 2 is 2.17 bits per heavy atom. The van der Waals surface area contributed by atoms with Crippen LogP contribution in [0, 0.1) is 0 Å². The predicted octanol–water partition coefficient (Wildman–Crippen LogP) is 2.73. The molecule has 7 heteroatoms. The average molecular weight is 353 g/mol. The SMILES string of the molecule is CN(C)C(CNC(=O)CCc1csc(N)n1)c1ccccc1Cl. The molecule has 2 rings (SSSR count). The normalized spacial score (nSPS) is 12.3. The van der Waals surface area contributed by atoms with Crippen molar-refractivity contribution in [1.29, 1.82) is 0 Å². The van der Waals surface area contributed by atoms with E-state index in [9.17, 15) is 4.79 Å². The Labute approximate surface area is 145 Å². The second kappa shape index (κ2) is 8.29. The summed E-state index contributed by atoms with van der Waals surface area (Å²) in [7, 11) is 3.94. The molecule has 1 atom stereocenters. The maximum atomic E-state index is 12.0. The van der Waals surface area contributed by atoms with Gasteiger partial charge in [-0.1, -0.05) is 29.8 Å². The van der Waals surface area contributed by atoms with E-state index in [4.69, 9.17) is 17.3 Å². The van der Waals surface area contributed by atoms with Gasteiger partial charge in [0.15, 0.2) is 5.13 Å². The number of aryl methyl sites for hydroxylation is 1. The van der Waals surface area contributed by atoms with Crippen molar-refractivity contribution >= 4 is 34.0 Å². The maximum absolute atomic E-state index is 12.0. The standard InChI is InChI=1S/C16H21ClN4OS/c1-21(2)14(12-5-3-4-6-13(12)17)9-19-15(22)8-7-11-10-23-16(18)20-11/h3-6,10,14H,7-9H2,1-2H3,(H2,18,20)(H,19,22). The molecule has 124 valence electrons. The minimum atomic E-state index is -0.00419. The number of thiazole rings is 1. The molecule has 2 aromatic rings. The lowest BCUT2D eigenvalue weighted by Crippen LogP contribution is -2.34. The van der Waals surface area contributed by atoms with E-state index in [0.717, 1.165) is 11.3 Å². The Bertz CT molecular complexity index is 659. The van der Waals surface area contributed by atoms with E-state index < -0.39 is 0 Å². The number of hydrogen-bond acceptors (Lipinski definition) is 5. The van der Waals surface area contributed by atoms with Gasteiger partial charge in [0.05, 0.1) is 11.7 Å². The fourth-order valence-corrected chi connectivity index (χ4v) is 3.15. The predicted molar refractivity (Wildman–Crippen MR) is 95.7 cm³/mol. The number of nitrogen functional groups attached to an aromatic ring is 1. The zero-order chi connectivity index (χ0) is 16.8. The summed E-state index contributed by atoms with van der Waals surface area (Å²) in [5.41, 5.74) is 7.45. The first-order valence-corrected chi connectivity index (χ1v) is 8.60. The number of carbonyl (C=O) groups is 1. The molecule has 1 aromatic carbocycles. The molecule has 1 heterocycles. The topological polar surface area (TPSA) is 71.2 Å². The Morgan fingerprint density at radius 1 is 1.43 bits per heavy atom. The second-order valence-electron chi connectivity index (χ2n) is 5.48. The summed E-state index contributed by atoms with van der Waals surface area (Å²) < 4.78 is 0. The highest BCUT2D eigenvalue weighted by Gasteiger charge is 2.17. The minimum absolute atomic E-state index is 0.00419. The van der Waals surface area contributed by atoms with Crippen LogP contribution in [-0.4, -0.2) is 36.4 Å². The summed E-state index contributed by atoms with van der Waals surface area (Å²) in [6.07, 6.45) is 0.990. The van der Waals surface area contributed by atoms with Crippen LogP contribution in [0.3, 0.4) is 0 Å². The number of amides is 1. The third kappa shape index (κ3) is 5.20. The highest BCUT2D eigenvalue weighted by atomic mass is 35.5. The zero-order valence-electron chi connectivity index (χ0n) is 13.3. The van der Waals surface area contributed by atoms with Crippen LogP contribution >= 0.6 is 22.9 Å². The molecule has 1 aromatic heterocycles. The fraction of sp³-hybridized carbons (Fsp3) is 0.375. The van der Waals surface area contributed by atoms with Crippen LogP contribution < -0.4 is 11.1 Å². The molecule has 5 nitrogen and oxygen atoms in total. The van der Waals surface area contributed by atoms with Gasteiger partial charge < -0.3 is 16.0 Å². The van der Waals surface area contributed by atoms with Crippen molar-refractivity contribution in [3.05, 3.63) is 45.9 Å². The highest BCUT2D eigenvalue weighted by Crippen LogP contribution is 2.25. The Hall–Kier alpha value is -1.63. The molecule has 0 saturated heterocycles. The fourth-order valence-electron chi connectivity index (χ4n) is 2.29. The molecule has 0 radical (unpaired) electrons. The van der Waals surface area contributed by atoms with Gasteiger partial charge in [-0.3, -0.25) is 4.79 Å². The summed E-state index contributed by atoms with van der Waals surface area (Å²) in [4.78, 5) is 18.2. The molecule has 0 aliphatic rings. The largest absolute Gasteiger partial charge is 0.375 e. The first kappa shape index (κ1) is 17.7. The molecule has 0 fully saturated rings. The van der Waals surface area contributed by atoms with E-state index >= 15 is 0 Å². The number of nitrogens with two attached hydrogens (primary N) is 1. The summed E-state index contributed by atoms with van der Waals surface area (Å²) in [5.74, 6) is -0.00419. The van der Waals surface area contributed by atoms with Gasteiger partial charge in [0.1, 0.15) is 0 Å². The van der Waals surface area contributed by atoms with Gasteiger partial charge >= 0.3 is 0 Å². The molecule has 1 amide bonds. The number of aromatic nitrogens is 1. The molecular formula is C16H21ClN4OS. The third-order valence-corrected chi connectivity index (χ3v) is 4.62. The van der Waals surface area contributed by atoms with Gasteiger partial charge in [0.25, 0.3) is 0 Å². The lowest BCUT2D eigenvalue weighted by Gasteiger charge is -2.26. The Kier molecular flexibility index (Phi) is 6.38. The Morgan fingerprint density at radius 3 is 2.78 bits per heavy atom. The average Bonchev–Trinajstić information content (AvgIpc) is 2.92. The lowest BCUT2D eigenvalue weighted by molar-refractivity contribution is -0.121. The monoisotopic (exact) mass is 352 g/mol. The van der Waals surface area contributed by atoms with Crippen molar-refractivity contribution in [3.63, 3.8) is 0 Å². The first-order valence-electron chi connectivity index (χ1n) is 7.35. The van der Waals surface area contributed by atoms with E-state index in [1.807, 2.05) is 48.6 Å². The van der Waals surface area contributed by atoms with Crippen molar-refractivity contribution in [2.45, 2.75) is 18.9 Å². The first-order chi connectivity index (χ1) is 11.0. The van der Waals surface area contributed by atoms with Crippen LogP contribution in [0.25, 0.3) is 0 Å². The number of nitrogens with zero attached hydrogens (tertiary/aromatic N) is 2.